The van der Waals surface area contributed by atoms with Crippen LogP contribution in [0, 0.1) is 0 Å². The molecule has 106 valence electrons. The summed E-state index contributed by atoms with van der Waals surface area (Å²) in [4.78, 5) is 11.2. The molecule has 0 aliphatic rings. The van der Waals surface area contributed by atoms with E-state index in [1.165, 1.54) is 19.1 Å². The lowest BCUT2D eigenvalue weighted by Gasteiger charge is -2.12. The average Bonchev–Trinajstić information content (AvgIpc) is 2.35. The predicted octanol–water partition coefficient (Wildman–Crippen LogP) is -0.286. The Morgan fingerprint density at radius 2 is 2.16 bits per heavy atom. The number of aliphatic hydroxyl groups is 1. The molecule has 1 aromatic carbocycles. The first-order chi connectivity index (χ1) is 8.77. The summed E-state index contributed by atoms with van der Waals surface area (Å²) in [5, 5.41) is 9.10. The van der Waals surface area contributed by atoms with Gasteiger partial charge in [0.15, 0.2) is 0 Å². The molecule has 0 spiro atoms. The number of nitrogens with one attached hydrogen (secondary N) is 1. The van der Waals surface area contributed by atoms with E-state index >= 15 is 0 Å². The standard InChI is InChI=1S/C11H16N2O5S/c1-7(14)6-13-19(16,17)10-5-8(12)3-4-9(10)11(15)18-2/h3-5,7,13-14H,6,12H2,1-2H3. The Bertz CT molecular complexity index is 568. The van der Waals surface area contributed by atoms with Crippen molar-refractivity contribution in [1.29, 1.82) is 0 Å². The van der Waals surface area contributed by atoms with Crippen molar-refractivity contribution in [1.82, 2.24) is 4.72 Å². The lowest BCUT2D eigenvalue weighted by molar-refractivity contribution is 0.0596. The molecule has 1 atom stereocenters. The number of carbonyl (C=O) groups is 1. The molecule has 4 N–H and O–H groups in total. The Labute approximate surface area is 111 Å². The molecule has 1 aromatic rings. The minimum atomic E-state index is -3.95. The number of hydrogen-bond donors (Lipinski definition) is 3. The summed E-state index contributed by atoms with van der Waals surface area (Å²) in [5.74, 6) is -0.780. The van der Waals surface area contributed by atoms with Crippen LogP contribution in [0.4, 0.5) is 5.69 Å². The van der Waals surface area contributed by atoms with Crippen LogP contribution < -0.4 is 10.5 Å². The first kappa shape index (κ1) is 15.4. The first-order valence-electron chi connectivity index (χ1n) is 5.43. The highest BCUT2D eigenvalue weighted by Gasteiger charge is 2.23. The number of nitrogens with two attached hydrogens (primary N) is 1. The van der Waals surface area contributed by atoms with E-state index in [9.17, 15) is 13.2 Å². The molecular formula is C11H16N2O5S. The van der Waals surface area contributed by atoms with Gasteiger partial charge in [-0.05, 0) is 25.1 Å². The second kappa shape index (κ2) is 6.00. The normalized spacial score (nSPS) is 13.0. The van der Waals surface area contributed by atoms with Crippen molar-refractivity contribution >= 4 is 21.7 Å². The van der Waals surface area contributed by atoms with Crippen LogP contribution >= 0.6 is 0 Å². The molecule has 0 saturated heterocycles. The molecule has 0 fully saturated rings. The second-order valence-corrected chi connectivity index (χ2v) is 5.68. The molecule has 19 heavy (non-hydrogen) atoms. The van der Waals surface area contributed by atoms with E-state index in [1.54, 1.807) is 0 Å². The van der Waals surface area contributed by atoms with E-state index < -0.39 is 22.1 Å². The van der Waals surface area contributed by atoms with Crippen LogP contribution in [0.1, 0.15) is 17.3 Å². The highest BCUT2D eigenvalue weighted by atomic mass is 32.2. The number of aliphatic hydroxyl groups excluding tert-OH is 1. The molecule has 0 aliphatic heterocycles. The molecule has 0 saturated carbocycles. The monoisotopic (exact) mass is 288 g/mol. The third-order valence-corrected chi connectivity index (χ3v) is 3.73. The van der Waals surface area contributed by atoms with Crippen LogP contribution in [0.3, 0.4) is 0 Å². The quantitative estimate of drug-likeness (QED) is 0.506. The van der Waals surface area contributed by atoms with E-state index in [0.29, 0.717) is 0 Å². The zero-order valence-electron chi connectivity index (χ0n) is 10.6. The molecule has 7 nitrogen and oxygen atoms in total. The molecular weight excluding hydrogens is 272 g/mol. The summed E-state index contributed by atoms with van der Waals surface area (Å²) in [7, 11) is -2.80. The fourth-order valence-corrected chi connectivity index (χ4v) is 2.70. The molecule has 0 bridgehead atoms. The number of methoxy groups -OCH3 is 1. The van der Waals surface area contributed by atoms with Gasteiger partial charge in [0.25, 0.3) is 0 Å². The molecule has 0 aromatic heterocycles. The van der Waals surface area contributed by atoms with Crippen molar-refractivity contribution in [3.63, 3.8) is 0 Å². The van der Waals surface area contributed by atoms with Crippen molar-refractivity contribution in [2.24, 2.45) is 0 Å². The van der Waals surface area contributed by atoms with Crippen molar-refractivity contribution in [3.8, 4) is 0 Å². The largest absolute Gasteiger partial charge is 0.465 e. The average molecular weight is 288 g/mol. The van der Waals surface area contributed by atoms with Crippen LogP contribution in [-0.4, -0.2) is 39.3 Å². The fourth-order valence-electron chi connectivity index (χ4n) is 1.35. The Morgan fingerprint density at radius 1 is 1.53 bits per heavy atom. The van der Waals surface area contributed by atoms with Crippen LogP contribution in [0.15, 0.2) is 23.1 Å². The van der Waals surface area contributed by atoms with Gasteiger partial charge in [-0.3, -0.25) is 0 Å². The van der Waals surface area contributed by atoms with Gasteiger partial charge in [-0.1, -0.05) is 0 Å². The summed E-state index contributed by atoms with van der Waals surface area (Å²) in [5.41, 5.74) is 5.61. The molecule has 8 heteroatoms. The topological polar surface area (TPSA) is 119 Å². The zero-order valence-corrected chi connectivity index (χ0v) is 11.4. The first-order valence-corrected chi connectivity index (χ1v) is 6.92. The van der Waals surface area contributed by atoms with Gasteiger partial charge in [-0.25, -0.2) is 17.9 Å². The van der Waals surface area contributed by atoms with Crippen LogP contribution in [-0.2, 0) is 14.8 Å². The second-order valence-electron chi connectivity index (χ2n) is 3.95. The van der Waals surface area contributed by atoms with Crippen molar-refractivity contribution in [3.05, 3.63) is 23.8 Å². The SMILES string of the molecule is COC(=O)c1ccc(N)cc1S(=O)(=O)NCC(C)O. The number of nitrogen functional groups attached to an aromatic ring is 1. The van der Waals surface area contributed by atoms with Crippen molar-refractivity contribution < 1.29 is 23.1 Å². The fraction of sp³-hybridized carbons (Fsp3) is 0.364. The van der Waals surface area contributed by atoms with E-state index in [0.717, 1.165) is 13.2 Å². The summed E-state index contributed by atoms with van der Waals surface area (Å²) in [6.45, 7) is 1.26. The Morgan fingerprint density at radius 3 is 2.68 bits per heavy atom. The number of benzene rings is 1. The van der Waals surface area contributed by atoms with E-state index in [2.05, 4.69) is 9.46 Å². The summed E-state index contributed by atoms with van der Waals surface area (Å²) in [6.07, 6.45) is -0.850. The van der Waals surface area contributed by atoms with Gasteiger partial charge in [-0.15, -0.1) is 0 Å². The van der Waals surface area contributed by atoms with E-state index in [-0.39, 0.29) is 22.7 Å². The highest BCUT2D eigenvalue weighted by molar-refractivity contribution is 7.89. The Kier molecular flexibility index (Phi) is 4.87. The molecule has 1 unspecified atom stereocenters. The summed E-state index contributed by atoms with van der Waals surface area (Å²) >= 11 is 0. The van der Waals surface area contributed by atoms with Crippen molar-refractivity contribution in [2.45, 2.75) is 17.9 Å². The molecule has 0 heterocycles. The maximum atomic E-state index is 12.0. The number of rotatable bonds is 5. The van der Waals surface area contributed by atoms with Gasteiger partial charge < -0.3 is 15.6 Å². The lowest BCUT2D eigenvalue weighted by Crippen LogP contribution is -2.31. The van der Waals surface area contributed by atoms with Crippen LogP contribution in [0.5, 0.6) is 0 Å². The van der Waals surface area contributed by atoms with Gasteiger partial charge in [0, 0.05) is 12.2 Å². The maximum Gasteiger partial charge on any atom is 0.339 e. The number of anilines is 1. The number of sulfonamides is 1. The van der Waals surface area contributed by atoms with Gasteiger partial charge >= 0.3 is 5.97 Å². The number of carbonyl (C=O) groups excluding carboxylic acids is 1. The van der Waals surface area contributed by atoms with E-state index in [4.69, 9.17) is 10.8 Å². The molecule has 0 amide bonds. The number of hydrogen-bond acceptors (Lipinski definition) is 6. The lowest BCUT2D eigenvalue weighted by atomic mass is 10.2. The minimum Gasteiger partial charge on any atom is -0.465 e. The van der Waals surface area contributed by atoms with Gasteiger partial charge in [0.1, 0.15) is 0 Å². The minimum absolute atomic E-state index is 0.116. The molecule has 0 radical (unpaired) electrons. The third kappa shape index (κ3) is 3.91. The Hall–Kier alpha value is -1.64. The Balaban J connectivity index is 3.24. The summed E-state index contributed by atoms with van der Waals surface area (Å²) < 4.78 is 30.8. The maximum absolute atomic E-state index is 12.0. The highest BCUT2D eigenvalue weighted by Crippen LogP contribution is 2.19. The van der Waals surface area contributed by atoms with Gasteiger partial charge in [0.05, 0.1) is 23.7 Å². The molecule has 0 aliphatic carbocycles. The molecule has 1 rings (SSSR count). The van der Waals surface area contributed by atoms with Crippen LogP contribution in [0.25, 0.3) is 0 Å². The summed E-state index contributed by atoms with van der Waals surface area (Å²) in [6, 6.07) is 3.84. The predicted molar refractivity (Wildman–Crippen MR) is 69.1 cm³/mol. The number of ether oxygens (including phenoxy) is 1. The van der Waals surface area contributed by atoms with Gasteiger partial charge in [0.2, 0.25) is 10.0 Å². The number of esters is 1. The van der Waals surface area contributed by atoms with E-state index in [1.807, 2.05) is 0 Å². The van der Waals surface area contributed by atoms with Crippen LogP contribution in [0.2, 0.25) is 0 Å². The van der Waals surface area contributed by atoms with Gasteiger partial charge in [-0.2, -0.15) is 0 Å². The smallest absolute Gasteiger partial charge is 0.339 e. The third-order valence-electron chi connectivity index (χ3n) is 2.27. The zero-order chi connectivity index (χ0) is 14.6. The van der Waals surface area contributed by atoms with Crippen molar-refractivity contribution in [2.75, 3.05) is 19.4 Å².